The molecule has 1 aromatic heterocycles. The third kappa shape index (κ3) is 2.37. The lowest BCUT2D eigenvalue weighted by atomic mass is 10.1. The van der Waals surface area contributed by atoms with E-state index in [9.17, 15) is 4.79 Å². The summed E-state index contributed by atoms with van der Waals surface area (Å²) in [5.74, 6) is -0.0611. The van der Waals surface area contributed by atoms with Crippen LogP contribution in [0.1, 0.15) is 35.9 Å². The highest BCUT2D eigenvalue weighted by molar-refractivity contribution is 5.97. The van der Waals surface area contributed by atoms with Gasteiger partial charge >= 0.3 is 0 Å². The van der Waals surface area contributed by atoms with E-state index in [0.717, 1.165) is 5.69 Å². The van der Waals surface area contributed by atoms with Crippen LogP contribution >= 0.6 is 0 Å². The average Bonchev–Trinajstić information content (AvgIpc) is 2.56. The van der Waals surface area contributed by atoms with Crippen molar-refractivity contribution in [1.82, 2.24) is 15.5 Å². The summed E-state index contributed by atoms with van der Waals surface area (Å²) in [6, 6.07) is 0. The second-order valence-corrected chi connectivity index (χ2v) is 3.55. The molecule has 0 unspecified atom stereocenters. The number of nitrogens with two attached hydrogens (primary N) is 1. The van der Waals surface area contributed by atoms with Gasteiger partial charge in [0, 0.05) is 6.54 Å². The van der Waals surface area contributed by atoms with E-state index < -0.39 is 0 Å². The molecule has 5 nitrogen and oxygen atoms in total. The molecule has 82 valence electrons. The molecule has 0 bridgehead atoms. The first-order chi connectivity index (χ1) is 7.07. The van der Waals surface area contributed by atoms with Crippen molar-refractivity contribution in [1.29, 1.82) is 0 Å². The first-order valence-corrected chi connectivity index (χ1v) is 4.80. The lowest BCUT2D eigenvalue weighted by Crippen LogP contribution is -2.24. The Morgan fingerprint density at radius 2 is 2.40 bits per heavy atom. The number of anilines is 1. The van der Waals surface area contributed by atoms with E-state index in [2.05, 4.69) is 22.1 Å². The summed E-state index contributed by atoms with van der Waals surface area (Å²) < 4.78 is 0. The minimum absolute atomic E-state index is 0.221. The molecule has 0 saturated carbocycles. The molecular weight excluding hydrogens is 192 g/mol. The van der Waals surface area contributed by atoms with Gasteiger partial charge in [0.25, 0.3) is 5.91 Å². The number of amides is 1. The molecule has 15 heavy (non-hydrogen) atoms. The number of nitrogens with zero attached hydrogens (tertiary/aromatic N) is 1. The van der Waals surface area contributed by atoms with Crippen LogP contribution in [0.3, 0.4) is 0 Å². The number of hydrogen-bond acceptors (Lipinski definition) is 3. The van der Waals surface area contributed by atoms with Crippen LogP contribution in [0.2, 0.25) is 0 Å². The van der Waals surface area contributed by atoms with E-state index in [4.69, 9.17) is 5.73 Å². The van der Waals surface area contributed by atoms with Crippen molar-refractivity contribution in [2.24, 2.45) is 0 Å². The molecule has 1 amide bonds. The zero-order chi connectivity index (χ0) is 11.4. The van der Waals surface area contributed by atoms with E-state index in [1.54, 1.807) is 6.08 Å². The number of aromatic amines is 1. The van der Waals surface area contributed by atoms with E-state index in [1.807, 2.05) is 13.8 Å². The van der Waals surface area contributed by atoms with Crippen LogP contribution in [-0.4, -0.2) is 22.6 Å². The van der Waals surface area contributed by atoms with E-state index in [0.29, 0.717) is 12.2 Å². The van der Waals surface area contributed by atoms with E-state index >= 15 is 0 Å². The molecule has 0 saturated heterocycles. The van der Waals surface area contributed by atoms with Gasteiger partial charge in [0.05, 0.1) is 11.4 Å². The SMILES string of the molecule is C=CCNC(=O)c1n[nH]c(C(C)C)c1N. The third-order valence-corrected chi connectivity index (χ3v) is 2.03. The first kappa shape index (κ1) is 11.3. The maximum Gasteiger partial charge on any atom is 0.274 e. The molecule has 1 aromatic rings. The Balaban J connectivity index is 2.86. The van der Waals surface area contributed by atoms with Gasteiger partial charge in [-0.15, -0.1) is 6.58 Å². The van der Waals surface area contributed by atoms with Crippen molar-refractivity contribution < 1.29 is 4.79 Å². The van der Waals surface area contributed by atoms with Gasteiger partial charge in [-0.3, -0.25) is 9.89 Å². The van der Waals surface area contributed by atoms with Crippen molar-refractivity contribution in [3.05, 3.63) is 24.0 Å². The van der Waals surface area contributed by atoms with Crippen molar-refractivity contribution in [2.45, 2.75) is 19.8 Å². The fourth-order valence-electron chi connectivity index (χ4n) is 1.23. The van der Waals surface area contributed by atoms with Crippen LogP contribution < -0.4 is 11.1 Å². The van der Waals surface area contributed by atoms with Gasteiger partial charge in [0.1, 0.15) is 0 Å². The number of H-pyrrole nitrogens is 1. The number of nitrogens with one attached hydrogen (secondary N) is 2. The van der Waals surface area contributed by atoms with Crippen LogP contribution in [0.4, 0.5) is 5.69 Å². The van der Waals surface area contributed by atoms with Crippen LogP contribution in [0.15, 0.2) is 12.7 Å². The number of carbonyl (C=O) groups excluding carboxylic acids is 1. The van der Waals surface area contributed by atoms with Gasteiger partial charge in [0.2, 0.25) is 0 Å². The average molecular weight is 208 g/mol. The Hall–Kier alpha value is -1.78. The molecule has 5 heteroatoms. The molecule has 1 rings (SSSR count). The van der Waals surface area contributed by atoms with Crippen LogP contribution in [0, 0.1) is 0 Å². The molecule has 0 aliphatic carbocycles. The zero-order valence-corrected chi connectivity index (χ0v) is 9.00. The van der Waals surface area contributed by atoms with Crippen molar-refractivity contribution in [2.75, 3.05) is 12.3 Å². The predicted octanol–water partition coefficient (Wildman–Crippen LogP) is 1.03. The minimum Gasteiger partial charge on any atom is -0.395 e. The molecule has 0 fully saturated rings. The second kappa shape index (κ2) is 4.63. The molecular formula is C10H16N4O. The molecule has 0 spiro atoms. The highest BCUT2D eigenvalue weighted by atomic mass is 16.1. The van der Waals surface area contributed by atoms with E-state index in [-0.39, 0.29) is 17.5 Å². The number of nitrogen functional groups attached to an aromatic ring is 1. The third-order valence-electron chi connectivity index (χ3n) is 2.03. The maximum absolute atomic E-state index is 11.5. The predicted molar refractivity (Wildman–Crippen MR) is 59.6 cm³/mol. The van der Waals surface area contributed by atoms with Gasteiger partial charge in [-0.05, 0) is 5.92 Å². The van der Waals surface area contributed by atoms with Crippen LogP contribution in [0.5, 0.6) is 0 Å². The van der Waals surface area contributed by atoms with Gasteiger partial charge in [-0.2, -0.15) is 5.10 Å². The molecule has 4 N–H and O–H groups in total. The molecule has 0 aliphatic rings. The Morgan fingerprint density at radius 3 is 2.87 bits per heavy atom. The summed E-state index contributed by atoms with van der Waals surface area (Å²) in [5, 5.41) is 9.28. The largest absolute Gasteiger partial charge is 0.395 e. The lowest BCUT2D eigenvalue weighted by Gasteiger charge is -2.03. The first-order valence-electron chi connectivity index (χ1n) is 4.80. The molecule has 0 radical (unpaired) electrons. The summed E-state index contributed by atoms with van der Waals surface area (Å²) in [6.07, 6.45) is 1.60. The maximum atomic E-state index is 11.5. The summed E-state index contributed by atoms with van der Waals surface area (Å²) in [7, 11) is 0. The fraction of sp³-hybridized carbons (Fsp3) is 0.400. The Bertz CT molecular complexity index is 367. The molecule has 1 heterocycles. The number of rotatable bonds is 4. The number of carbonyl (C=O) groups is 1. The van der Waals surface area contributed by atoms with Crippen LogP contribution in [-0.2, 0) is 0 Å². The van der Waals surface area contributed by atoms with Gasteiger partial charge in [-0.1, -0.05) is 19.9 Å². The zero-order valence-electron chi connectivity index (χ0n) is 9.00. The van der Waals surface area contributed by atoms with Crippen molar-refractivity contribution in [3.63, 3.8) is 0 Å². The second-order valence-electron chi connectivity index (χ2n) is 3.55. The monoisotopic (exact) mass is 208 g/mol. The molecule has 0 aromatic carbocycles. The highest BCUT2D eigenvalue weighted by Gasteiger charge is 2.17. The molecule has 0 aliphatic heterocycles. The lowest BCUT2D eigenvalue weighted by molar-refractivity contribution is 0.0954. The summed E-state index contributed by atoms with van der Waals surface area (Å²) in [6.45, 7) is 7.88. The Labute approximate surface area is 88.7 Å². The Morgan fingerprint density at radius 1 is 1.73 bits per heavy atom. The van der Waals surface area contributed by atoms with E-state index in [1.165, 1.54) is 0 Å². The smallest absolute Gasteiger partial charge is 0.274 e. The number of aromatic nitrogens is 2. The number of hydrogen-bond donors (Lipinski definition) is 3. The van der Waals surface area contributed by atoms with Crippen LogP contribution in [0.25, 0.3) is 0 Å². The topological polar surface area (TPSA) is 83.8 Å². The summed E-state index contributed by atoms with van der Waals surface area (Å²) in [5.41, 5.74) is 7.26. The van der Waals surface area contributed by atoms with Crippen molar-refractivity contribution in [3.8, 4) is 0 Å². The van der Waals surface area contributed by atoms with Gasteiger partial charge in [0.15, 0.2) is 5.69 Å². The quantitative estimate of drug-likeness (QED) is 0.646. The molecule has 0 atom stereocenters. The van der Waals surface area contributed by atoms with Gasteiger partial charge < -0.3 is 11.1 Å². The Kier molecular flexibility index (Phi) is 3.49. The van der Waals surface area contributed by atoms with Crippen molar-refractivity contribution >= 4 is 11.6 Å². The fourth-order valence-corrected chi connectivity index (χ4v) is 1.23. The normalized spacial score (nSPS) is 10.3. The van der Waals surface area contributed by atoms with Gasteiger partial charge in [-0.25, -0.2) is 0 Å². The summed E-state index contributed by atoms with van der Waals surface area (Å²) >= 11 is 0. The standard InChI is InChI=1S/C10H16N4O/c1-4-5-12-10(15)9-7(11)8(6(2)3)13-14-9/h4,6H,1,5,11H2,2-3H3,(H,12,15)(H,13,14). The minimum atomic E-state index is -0.282. The summed E-state index contributed by atoms with van der Waals surface area (Å²) in [4.78, 5) is 11.5. The highest BCUT2D eigenvalue weighted by Crippen LogP contribution is 2.21.